The number of nitro groups is 1. The van der Waals surface area contributed by atoms with E-state index in [2.05, 4.69) is 5.10 Å². The van der Waals surface area contributed by atoms with Crippen LogP contribution < -0.4 is 0 Å². The van der Waals surface area contributed by atoms with Gasteiger partial charge in [0.15, 0.2) is 5.78 Å². The lowest BCUT2D eigenvalue weighted by Crippen LogP contribution is -1.98. The maximum Gasteiger partial charge on any atom is 0.269 e. The van der Waals surface area contributed by atoms with Gasteiger partial charge in [-0.1, -0.05) is 0 Å². The number of aryl methyl sites for hydroxylation is 2. The molecule has 0 aliphatic rings. The molecule has 0 amide bonds. The minimum Gasteiger partial charge on any atom is -0.289 e. The van der Waals surface area contributed by atoms with Crippen LogP contribution in [-0.4, -0.2) is 20.5 Å². The van der Waals surface area contributed by atoms with Crippen molar-refractivity contribution in [3.05, 3.63) is 63.0 Å². The zero-order chi connectivity index (χ0) is 16.3. The Morgan fingerprint density at radius 3 is 2.45 bits per heavy atom. The van der Waals surface area contributed by atoms with E-state index in [4.69, 9.17) is 0 Å². The number of ketones is 1. The van der Waals surface area contributed by atoms with Crippen LogP contribution in [0.15, 0.2) is 30.3 Å². The third kappa shape index (κ3) is 3.11. The van der Waals surface area contributed by atoms with E-state index in [1.807, 2.05) is 25.5 Å². The fourth-order valence-electron chi connectivity index (χ4n) is 2.26. The first-order chi connectivity index (χ1) is 10.4. The summed E-state index contributed by atoms with van der Waals surface area (Å²) in [5.74, 6) is -0.196. The summed E-state index contributed by atoms with van der Waals surface area (Å²) in [5, 5.41) is 15.0. The molecular formula is C16H17N3O3. The molecule has 6 nitrogen and oxygen atoms in total. The lowest BCUT2D eigenvalue weighted by Gasteiger charge is -1.99. The number of rotatable bonds is 5. The number of aromatic nitrogens is 2. The number of carbonyl (C=O) groups excluding carboxylic acids is 1. The van der Waals surface area contributed by atoms with Crippen LogP contribution in [0.4, 0.5) is 5.69 Å². The zero-order valence-corrected chi connectivity index (χ0v) is 12.7. The summed E-state index contributed by atoms with van der Waals surface area (Å²) in [4.78, 5) is 22.2. The van der Waals surface area contributed by atoms with Crippen molar-refractivity contribution >= 4 is 17.5 Å². The quantitative estimate of drug-likeness (QED) is 0.367. The van der Waals surface area contributed by atoms with E-state index in [0.717, 1.165) is 23.5 Å². The second-order valence-corrected chi connectivity index (χ2v) is 4.90. The summed E-state index contributed by atoms with van der Waals surface area (Å²) >= 11 is 0. The first-order valence-electron chi connectivity index (χ1n) is 6.95. The van der Waals surface area contributed by atoms with Crippen molar-refractivity contribution in [2.45, 2.75) is 27.3 Å². The van der Waals surface area contributed by atoms with E-state index in [1.165, 1.54) is 30.3 Å². The Balaban J connectivity index is 2.21. The highest BCUT2D eigenvalue weighted by atomic mass is 16.6. The average molecular weight is 299 g/mol. The van der Waals surface area contributed by atoms with Gasteiger partial charge in [0.05, 0.1) is 10.6 Å². The summed E-state index contributed by atoms with van der Waals surface area (Å²) in [6.45, 7) is 6.64. The first-order valence-corrected chi connectivity index (χ1v) is 6.95. The predicted octanol–water partition coefficient (Wildman–Crippen LogP) is 3.32. The van der Waals surface area contributed by atoms with Gasteiger partial charge in [0.2, 0.25) is 0 Å². The lowest BCUT2D eigenvalue weighted by molar-refractivity contribution is -0.384. The molecule has 0 aliphatic carbocycles. The molecule has 0 spiro atoms. The van der Waals surface area contributed by atoms with Gasteiger partial charge in [0.25, 0.3) is 5.69 Å². The smallest absolute Gasteiger partial charge is 0.269 e. The Bertz CT molecular complexity index is 743. The van der Waals surface area contributed by atoms with E-state index >= 15 is 0 Å². The minimum atomic E-state index is -0.490. The van der Waals surface area contributed by atoms with E-state index in [9.17, 15) is 14.9 Å². The molecule has 0 saturated heterocycles. The van der Waals surface area contributed by atoms with Crippen LogP contribution in [0, 0.1) is 24.0 Å². The highest BCUT2D eigenvalue weighted by Crippen LogP contribution is 2.16. The molecule has 0 aliphatic heterocycles. The molecule has 0 saturated carbocycles. The molecule has 2 aromatic rings. The van der Waals surface area contributed by atoms with Crippen molar-refractivity contribution in [3.8, 4) is 0 Å². The van der Waals surface area contributed by atoms with Gasteiger partial charge in [-0.05, 0) is 45.1 Å². The molecule has 0 radical (unpaired) electrons. The molecule has 0 atom stereocenters. The normalized spacial score (nSPS) is 11.0. The summed E-state index contributed by atoms with van der Waals surface area (Å²) in [6.07, 6.45) is 3.21. The van der Waals surface area contributed by atoms with E-state index < -0.39 is 4.92 Å². The third-order valence-electron chi connectivity index (χ3n) is 3.50. The molecule has 1 heterocycles. The highest BCUT2D eigenvalue weighted by molar-refractivity contribution is 6.07. The number of carbonyl (C=O) groups is 1. The molecule has 1 aromatic carbocycles. The van der Waals surface area contributed by atoms with Crippen molar-refractivity contribution in [2.24, 2.45) is 0 Å². The third-order valence-corrected chi connectivity index (χ3v) is 3.50. The first kappa shape index (κ1) is 15.6. The van der Waals surface area contributed by atoms with Gasteiger partial charge in [-0.2, -0.15) is 5.10 Å². The highest BCUT2D eigenvalue weighted by Gasteiger charge is 2.10. The lowest BCUT2D eigenvalue weighted by atomic mass is 10.1. The monoisotopic (exact) mass is 299 g/mol. The molecule has 0 N–H and O–H groups in total. The van der Waals surface area contributed by atoms with E-state index in [1.54, 1.807) is 6.08 Å². The summed E-state index contributed by atoms with van der Waals surface area (Å²) < 4.78 is 1.88. The van der Waals surface area contributed by atoms with Gasteiger partial charge in [0, 0.05) is 35.5 Å². The molecule has 0 unspecified atom stereocenters. The van der Waals surface area contributed by atoms with Crippen LogP contribution in [0.1, 0.15) is 34.2 Å². The van der Waals surface area contributed by atoms with Crippen molar-refractivity contribution in [1.82, 2.24) is 9.78 Å². The van der Waals surface area contributed by atoms with Crippen LogP contribution in [0.3, 0.4) is 0 Å². The SMILES string of the molecule is CCn1nc(C)c(C=CC(=O)c2ccc([N+](=O)[O-])cc2)c1C. The Hall–Kier alpha value is -2.76. The maximum absolute atomic E-state index is 12.1. The largest absolute Gasteiger partial charge is 0.289 e. The number of allylic oxidation sites excluding steroid dienone is 1. The van der Waals surface area contributed by atoms with Crippen LogP contribution in [0.5, 0.6) is 0 Å². The van der Waals surface area contributed by atoms with Gasteiger partial charge < -0.3 is 0 Å². The topological polar surface area (TPSA) is 78.0 Å². The number of hydrogen-bond donors (Lipinski definition) is 0. The van der Waals surface area contributed by atoms with Crippen molar-refractivity contribution in [3.63, 3.8) is 0 Å². The minimum absolute atomic E-state index is 0.0311. The van der Waals surface area contributed by atoms with E-state index in [-0.39, 0.29) is 11.5 Å². The van der Waals surface area contributed by atoms with Crippen molar-refractivity contribution in [2.75, 3.05) is 0 Å². The van der Waals surface area contributed by atoms with Crippen LogP contribution in [0.2, 0.25) is 0 Å². The Kier molecular flexibility index (Phi) is 4.50. The van der Waals surface area contributed by atoms with Gasteiger partial charge in [-0.15, -0.1) is 0 Å². The van der Waals surface area contributed by atoms with Crippen LogP contribution in [-0.2, 0) is 6.54 Å². The Labute approximate surface area is 128 Å². The molecular weight excluding hydrogens is 282 g/mol. The second-order valence-electron chi connectivity index (χ2n) is 4.90. The zero-order valence-electron chi connectivity index (χ0n) is 12.7. The molecule has 1 aromatic heterocycles. The van der Waals surface area contributed by atoms with Gasteiger partial charge in [-0.25, -0.2) is 0 Å². The number of hydrogen-bond acceptors (Lipinski definition) is 4. The number of non-ortho nitro benzene ring substituents is 1. The molecule has 6 heteroatoms. The molecule has 2 rings (SSSR count). The molecule has 114 valence electrons. The standard InChI is InChI=1S/C16H17N3O3/c1-4-18-12(3)15(11(2)17-18)9-10-16(20)13-5-7-14(8-6-13)19(21)22/h5-10H,4H2,1-3H3. The second kappa shape index (κ2) is 6.34. The van der Waals surface area contributed by atoms with Crippen molar-refractivity contribution in [1.29, 1.82) is 0 Å². The summed E-state index contributed by atoms with van der Waals surface area (Å²) in [5.41, 5.74) is 3.19. The fraction of sp³-hybridized carbons (Fsp3) is 0.250. The van der Waals surface area contributed by atoms with E-state index in [0.29, 0.717) is 5.56 Å². The number of benzene rings is 1. The fourth-order valence-corrected chi connectivity index (χ4v) is 2.26. The van der Waals surface area contributed by atoms with Crippen molar-refractivity contribution < 1.29 is 9.72 Å². The summed E-state index contributed by atoms with van der Waals surface area (Å²) in [6, 6.07) is 5.57. The Morgan fingerprint density at radius 2 is 1.95 bits per heavy atom. The molecule has 0 fully saturated rings. The predicted molar refractivity (Wildman–Crippen MR) is 83.8 cm³/mol. The molecule has 0 bridgehead atoms. The van der Waals surface area contributed by atoms with Crippen LogP contribution in [0.25, 0.3) is 6.08 Å². The van der Waals surface area contributed by atoms with Crippen LogP contribution >= 0.6 is 0 Å². The number of nitro benzene ring substituents is 1. The van der Waals surface area contributed by atoms with Gasteiger partial charge in [-0.3, -0.25) is 19.6 Å². The molecule has 22 heavy (non-hydrogen) atoms. The average Bonchev–Trinajstić information content (AvgIpc) is 2.79. The number of nitrogens with zero attached hydrogens (tertiary/aromatic N) is 3. The van der Waals surface area contributed by atoms with Gasteiger partial charge in [0.1, 0.15) is 0 Å². The maximum atomic E-state index is 12.1. The Morgan fingerprint density at radius 1 is 1.32 bits per heavy atom. The summed E-state index contributed by atoms with van der Waals surface area (Å²) in [7, 11) is 0. The van der Waals surface area contributed by atoms with Gasteiger partial charge >= 0.3 is 0 Å².